The first-order valence-electron chi connectivity index (χ1n) is 10.5. The van der Waals surface area contributed by atoms with Crippen LogP contribution in [0.25, 0.3) is 21.5 Å². The second-order valence-corrected chi connectivity index (χ2v) is 8.95. The van der Waals surface area contributed by atoms with Crippen molar-refractivity contribution in [2.75, 3.05) is 6.26 Å². The molecule has 0 atom stereocenters. The smallest absolute Gasteiger partial charge is 0.132 e. The number of hydrogen-bond acceptors (Lipinski definition) is 4. The molecule has 4 heteroatoms. The average molecular weight is 437 g/mol. The number of aromatic hydroxyl groups is 2. The van der Waals surface area contributed by atoms with Gasteiger partial charge in [-0.3, -0.25) is 0 Å². The highest BCUT2D eigenvalue weighted by molar-refractivity contribution is 7.98. The molecule has 0 fully saturated rings. The molecular formula is C28H20O3S. The summed E-state index contributed by atoms with van der Waals surface area (Å²) in [6.07, 6.45) is 2.07. The summed E-state index contributed by atoms with van der Waals surface area (Å²) in [6.45, 7) is 0. The number of rotatable bonds is 2. The van der Waals surface area contributed by atoms with Gasteiger partial charge < -0.3 is 14.9 Å². The monoisotopic (exact) mass is 436 g/mol. The van der Waals surface area contributed by atoms with E-state index >= 15 is 0 Å². The zero-order valence-electron chi connectivity index (χ0n) is 17.4. The van der Waals surface area contributed by atoms with Crippen LogP contribution in [0.4, 0.5) is 0 Å². The number of fused-ring (bicyclic) bond motifs is 6. The number of thioether (sulfide) groups is 1. The number of phenols is 2. The quantitative estimate of drug-likeness (QED) is 0.277. The number of benzene rings is 5. The van der Waals surface area contributed by atoms with Crippen molar-refractivity contribution in [3.05, 3.63) is 102 Å². The van der Waals surface area contributed by atoms with Gasteiger partial charge in [-0.15, -0.1) is 11.8 Å². The number of hydrogen-bond donors (Lipinski definition) is 2. The third kappa shape index (κ3) is 2.91. The van der Waals surface area contributed by atoms with E-state index in [2.05, 4.69) is 30.5 Å². The molecule has 0 spiro atoms. The zero-order chi connectivity index (χ0) is 21.8. The fraction of sp³-hybridized carbons (Fsp3) is 0.0714. The van der Waals surface area contributed by atoms with E-state index < -0.39 is 0 Å². The molecule has 0 amide bonds. The molecule has 5 aromatic rings. The molecule has 0 unspecified atom stereocenters. The summed E-state index contributed by atoms with van der Waals surface area (Å²) < 4.78 is 6.40. The SMILES string of the molecule is CSc1ccc(C2c3c(ccc4ccc(O)cc34)Oc3ccc4ccc(O)cc4c32)cc1. The van der Waals surface area contributed by atoms with Crippen LogP contribution in [0.3, 0.4) is 0 Å². The third-order valence-corrected chi connectivity index (χ3v) is 7.00. The van der Waals surface area contributed by atoms with Crippen molar-refractivity contribution in [3.63, 3.8) is 0 Å². The largest absolute Gasteiger partial charge is 0.508 e. The molecule has 5 aromatic carbocycles. The predicted molar refractivity (Wildman–Crippen MR) is 130 cm³/mol. The van der Waals surface area contributed by atoms with E-state index in [9.17, 15) is 10.2 Å². The topological polar surface area (TPSA) is 49.7 Å². The lowest BCUT2D eigenvalue weighted by atomic mass is 9.78. The molecule has 0 saturated heterocycles. The van der Waals surface area contributed by atoms with Crippen LogP contribution < -0.4 is 4.74 Å². The lowest BCUT2D eigenvalue weighted by Gasteiger charge is -2.31. The summed E-state index contributed by atoms with van der Waals surface area (Å²) in [7, 11) is 0. The van der Waals surface area contributed by atoms with Crippen LogP contribution in [-0.4, -0.2) is 16.5 Å². The molecule has 1 heterocycles. The maximum Gasteiger partial charge on any atom is 0.132 e. The van der Waals surface area contributed by atoms with E-state index in [1.54, 1.807) is 23.9 Å². The maximum absolute atomic E-state index is 10.3. The Hall–Kier alpha value is -3.63. The third-order valence-electron chi connectivity index (χ3n) is 6.26. The molecule has 1 aliphatic heterocycles. The minimum absolute atomic E-state index is 0.111. The Morgan fingerprint density at radius 3 is 1.66 bits per heavy atom. The molecule has 0 aliphatic carbocycles. The lowest BCUT2D eigenvalue weighted by molar-refractivity contribution is 0.455. The van der Waals surface area contributed by atoms with Crippen LogP contribution in [0.2, 0.25) is 0 Å². The highest BCUT2D eigenvalue weighted by Gasteiger charge is 2.32. The fourth-order valence-corrected chi connectivity index (χ4v) is 5.20. The van der Waals surface area contributed by atoms with Gasteiger partial charge in [0, 0.05) is 21.9 Å². The molecule has 6 rings (SSSR count). The van der Waals surface area contributed by atoms with Crippen molar-refractivity contribution in [2.24, 2.45) is 0 Å². The van der Waals surface area contributed by atoms with Gasteiger partial charge in [-0.25, -0.2) is 0 Å². The van der Waals surface area contributed by atoms with Crippen molar-refractivity contribution >= 4 is 33.3 Å². The zero-order valence-corrected chi connectivity index (χ0v) is 18.2. The molecule has 0 bridgehead atoms. The van der Waals surface area contributed by atoms with Crippen molar-refractivity contribution in [2.45, 2.75) is 10.8 Å². The van der Waals surface area contributed by atoms with Gasteiger partial charge in [0.25, 0.3) is 0 Å². The first-order chi connectivity index (χ1) is 15.6. The minimum atomic E-state index is -0.111. The van der Waals surface area contributed by atoms with Crippen molar-refractivity contribution < 1.29 is 14.9 Å². The van der Waals surface area contributed by atoms with Crippen LogP contribution in [0.1, 0.15) is 22.6 Å². The lowest BCUT2D eigenvalue weighted by Crippen LogP contribution is -2.13. The van der Waals surface area contributed by atoms with Crippen molar-refractivity contribution in [1.29, 1.82) is 0 Å². The Kier molecular flexibility index (Phi) is 4.30. The average Bonchev–Trinajstić information content (AvgIpc) is 2.82. The maximum atomic E-state index is 10.3. The fourth-order valence-electron chi connectivity index (χ4n) is 4.79. The van der Waals surface area contributed by atoms with Gasteiger partial charge in [-0.05, 0) is 81.9 Å². The van der Waals surface area contributed by atoms with E-state index in [-0.39, 0.29) is 17.4 Å². The summed E-state index contributed by atoms with van der Waals surface area (Å²) in [6, 6.07) is 27.6. The second kappa shape index (κ2) is 7.21. The Bertz CT molecular complexity index is 1410. The first-order valence-corrected chi connectivity index (χ1v) is 11.7. The molecule has 0 radical (unpaired) electrons. The second-order valence-electron chi connectivity index (χ2n) is 8.07. The van der Waals surface area contributed by atoms with Gasteiger partial charge in [-0.1, -0.05) is 36.4 Å². The van der Waals surface area contributed by atoms with Crippen LogP contribution in [0, 0.1) is 0 Å². The van der Waals surface area contributed by atoms with Gasteiger partial charge in [0.2, 0.25) is 0 Å². The van der Waals surface area contributed by atoms with Crippen LogP contribution in [0.15, 0.2) is 89.8 Å². The van der Waals surface area contributed by atoms with E-state index in [0.717, 1.165) is 49.7 Å². The van der Waals surface area contributed by atoms with E-state index in [1.165, 1.54) is 4.90 Å². The van der Waals surface area contributed by atoms with E-state index in [0.29, 0.717) is 0 Å². The first kappa shape index (κ1) is 19.1. The summed E-state index contributed by atoms with van der Waals surface area (Å²) in [5.74, 6) is 1.91. The standard InChI is InChI=1S/C28H20O3S/c1-32-21-10-4-18(5-11-21)26-27-22-14-19(29)8-2-16(22)6-12-24(27)31-25-13-7-17-3-9-20(30)15-23(17)28(25)26/h2-15,26,29-30H,1H3. The van der Waals surface area contributed by atoms with Crippen molar-refractivity contribution in [1.82, 2.24) is 0 Å². The molecule has 0 saturated carbocycles. The van der Waals surface area contributed by atoms with E-state index in [1.807, 2.05) is 48.5 Å². The summed E-state index contributed by atoms with van der Waals surface area (Å²) in [4.78, 5) is 1.20. The summed E-state index contributed by atoms with van der Waals surface area (Å²) in [5, 5.41) is 24.6. The van der Waals surface area contributed by atoms with Crippen molar-refractivity contribution in [3.8, 4) is 23.0 Å². The van der Waals surface area contributed by atoms with Gasteiger partial charge in [0.05, 0.1) is 0 Å². The summed E-state index contributed by atoms with van der Waals surface area (Å²) in [5.41, 5.74) is 3.19. The molecular weight excluding hydrogens is 416 g/mol. The highest BCUT2D eigenvalue weighted by atomic mass is 32.2. The minimum Gasteiger partial charge on any atom is -0.508 e. The molecule has 156 valence electrons. The number of ether oxygens (including phenoxy) is 1. The Morgan fingerprint density at radius 2 is 1.16 bits per heavy atom. The summed E-state index contributed by atoms with van der Waals surface area (Å²) >= 11 is 1.71. The van der Waals surface area contributed by atoms with Gasteiger partial charge in [-0.2, -0.15) is 0 Å². The molecule has 3 nitrogen and oxygen atoms in total. The van der Waals surface area contributed by atoms with Gasteiger partial charge >= 0.3 is 0 Å². The molecule has 32 heavy (non-hydrogen) atoms. The van der Waals surface area contributed by atoms with E-state index in [4.69, 9.17) is 4.74 Å². The molecule has 0 aromatic heterocycles. The number of phenolic OH excluding ortho intramolecular Hbond substituents is 2. The Balaban J connectivity index is 1.73. The van der Waals surface area contributed by atoms with Crippen LogP contribution in [-0.2, 0) is 0 Å². The van der Waals surface area contributed by atoms with Crippen LogP contribution in [0.5, 0.6) is 23.0 Å². The van der Waals surface area contributed by atoms with Gasteiger partial charge in [0.1, 0.15) is 23.0 Å². The molecule has 2 N–H and O–H groups in total. The Morgan fingerprint density at radius 1 is 0.656 bits per heavy atom. The van der Waals surface area contributed by atoms with Gasteiger partial charge in [0.15, 0.2) is 0 Å². The van der Waals surface area contributed by atoms with Crippen LogP contribution >= 0.6 is 11.8 Å². The Labute approximate surface area is 189 Å². The highest BCUT2D eigenvalue weighted by Crippen LogP contribution is 2.52. The predicted octanol–water partition coefficient (Wildman–Crippen LogP) is 7.41. The molecule has 1 aliphatic rings. The normalized spacial score (nSPS) is 13.0.